The van der Waals surface area contributed by atoms with E-state index in [9.17, 15) is 0 Å². The van der Waals surface area contributed by atoms with E-state index < -0.39 is 0 Å². The van der Waals surface area contributed by atoms with Crippen molar-refractivity contribution in [3.63, 3.8) is 0 Å². The number of hydrogen-bond acceptors (Lipinski definition) is 4. The second-order valence-electron chi connectivity index (χ2n) is 8.61. The van der Waals surface area contributed by atoms with Gasteiger partial charge in [0.1, 0.15) is 12.4 Å². The van der Waals surface area contributed by atoms with E-state index in [1.807, 2.05) is 18.5 Å². The first-order valence-corrected chi connectivity index (χ1v) is 11.4. The summed E-state index contributed by atoms with van der Waals surface area (Å²) < 4.78 is 2.01. The molecular formula is C23H35N7. The average molecular weight is 410 g/mol. The van der Waals surface area contributed by atoms with Crippen LogP contribution in [0.15, 0.2) is 35.3 Å². The number of anilines is 1. The summed E-state index contributed by atoms with van der Waals surface area (Å²) in [5.41, 5.74) is 1.32. The molecule has 2 fully saturated rings. The van der Waals surface area contributed by atoms with Crippen molar-refractivity contribution in [3.05, 3.63) is 42.0 Å². The summed E-state index contributed by atoms with van der Waals surface area (Å²) in [6.07, 6.45) is 8.67. The summed E-state index contributed by atoms with van der Waals surface area (Å²) in [5, 5.41) is 15.9. The molecule has 7 nitrogen and oxygen atoms in total. The molecule has 1 aromatic carbocycles. The van der Waals surface area contributed by atoms with Gasteiger partial charge in [-0.05, 0) is 44.7 Å². The van der Waals surface area contributed by atoms with Gasteiger partial charge in [-0.25, -0.2) is 4.99 Å². The molecule has 162 valence electrons. The number of nitrogens with one attached hydrogen (secondary N) is 2. The molecule has 1 saturated carbocycles. The molecule has 0 unspecified atom stereocenters. The van der Waals surface area contributed by atoms with Crippen LogP contribution in [0.3, 0.4) is 0 Å². The molecule has 2 heterocycles. The van der Waals surface area contributed by atoms with Crippen molar-refractivity contribution < 1.29 is 0 Å². The first-order valence-electron chi connectivity index (χ1n) is 11.4. The molecule has 1 saturated heterocycles. The molecule has 30 heavy (non-hydrogen) atoms. The summed E-state index contributed by atoms with van der Waals surface area (Å²) in [5.74, 6) is 2.75. The van der Waals surface area contributed by atoms with Crippen LogP contribution in [0, 0.1) is 6.92 Å². The number of piperidine rings is 1. The Morgan fingerprint density at radius 3 is 2.27 bits per heavy atom. The highest BCUT2D eigenvalue weighted by Gasteiger charge is 2.22. The van der Waals surface area contributed by atoms with Gasteiger partial charge in [0.25, 0.3) is 0 Å². The van der Waals surface area contributed by atoms with E-state index in [2.05, 4.69) is 56.1 Å². The summed E-state index contributed by atoms with van der Waals surface area (Å²) >= 11 is 0. The SMILES string of the molecule is Cc1nnc(CN=C(NC2CCCCC2)NC2CCN(c3ccccc3)CC2)n1C. The Hall–Kier alpha value is -2.57. The van der Waals surface area contributed by atoms with Crippen molar-refractivity contribution in [1.29, 1.82) is 0 Å². The zero-order chi connectivity index (χ0) is 20.8. The van der Waals surface area contributed by atoms with Crippen LogP contribution in [-0.2, 0) is 13.6 Å². The minimum Gasteiger partial charge on any atom is -0.371 e. The lowest BCUT2D eigenvalue weighted by atomic mass is 9.95. The average Bonchev–Trinajstić information content (AvgIpc) is 3.11. The van der Waals surface area contributed by atoms with Gasteiger partial charge in [-0.15, -0.1) is 10.2 Å². The van der Waals surface area contributed by atoms with Crippen LogP contribution < -0.4 is 15.5 Å². The minimum atomic E-state index is 0.445. The fraction of sp³-hybridized carbons (Fsp3) is 0.609. The third-order valence-electron chi connectivity index (χ3n) is 6.46. The van der Waals surface area contributed by atoms with Crippen LogP contribution in [0.5, 0.6) is 0 Å². The predicted molar refractivity (Wildman–Crippen MR) is 122 cm³/mol. The molecule has 2 aliphatic rings. The number of aryl methyl sites for hydroxylation is 1. The fourth-order valence-corrected chi connectivity index (χ4v) is 4.43. The number of hydrogen-bond donors (Lipinski definition) is 2. The van der Waals surface area contributed by atoms with Crippen molar-refractivity contribution in [1.82, 2.24) is 25.4 Å². The third kappa shape index (κ3) is 5.32. The Labute approximate surface area is 180 Å². The maximum Gasteiger partial charge on any atom is 0.192 e. The van der Waals surface area contributed by atoms with Crippen LogP contribution in [0.25, 0.3) is 0 Å². The second-order valence-corrected chi connectivity index (χ2v) is 8.61. The smallest absolute Gasteiger partial charge is 0.192 e. The van der Waals surface area contributed by atoms with Gasteiger partial charge in [0.2, 0.25) is 0 Å². The Balaban J connectivity index is 1.38. The zero-order valence-corrected chi connectivity index (χ0v) is 18.3. The van der Waals surface area contributed by atoms with Crippen molar-refractivity contribution in [2.24, 2.45) is 12.0 Å². The molecule has 7 heteroatoms. The lowest BCUT2D eigenvalue weighted by Crippen LogP contribution is -2.51. The molecule has 2 N–H and O–H groups in total. The first-order chi connectivity index (χ1) is 14.7. The van der Waals surface area contributed by atoms with Crippen LogP contribution in [0.2, 0.25) is 0 Å². The number of guanidine groups is 1. The van der Waals surface area contributed by atoms with Gasteiger partial charge in [-0.1, -0.05) is 37.5 Å². The topological polar surface area (TPSA) is 70.4 Å². The lowest BCUT2D eigenvalue weighted by molar-refractivity contribution is 0.401. The Kier molecular flexibility index (Phi) is 6.87. The van der Waals surface area contributed by atoms with E-state index in [-0.39, 0.29) is 0 Å². The standard InChI is InChI=1S/C23H35N7/c1-18-27-28-22(29(18)2)17-24-23(25-19-9-5-3-6-10-19)26-20-13-15-30(16-14-20)21-11-7-4-8-12-21/h4,7-8,11-12,19-20H,3,5-6,9-10,13-17H2,1-2H3,(H2,24,25,26). The van der Waals surface area contributed by atoms with E-state index in [1.165, 1.54) is 37.8 Å². The molecule has 1 aliphatic carbocycles. The van der Waals surface area contributed by atoms with Crippen LogP contribution in [-0.4, -0.2) is 45.9 Å². The molecule has 0 amide bonds. The van der Waals surface area contributed by atoms with E-state index >= 15 is 0 Å². The van der Waals surface area contributed by atoms with Crippen molar-refractivity contribution >= 4 is 11.6 Å². The lowest BCUT2D eigenvalue weighted by Gasteiger charge is -2.35. The number of rotatable bonds is 5. The van der Waals surface area contributed by atoms with Crippen LogP contribution in [0.4, 0.5) is 5.69 Å². The molecule has 0 spiro atoms. The van der Waals surface area contributed by atoms with Gasteiger partial charge in [-0.2, -0.15) is 0 Å². The maximum absolute atomic E-state index is 4.89. The highest BCUT2D eigenvalue weighted by molar-refractivity contribution is 5.80. The van der Waals surface area contributed by atoms with Gasteiger partial charge in [0.15, 0.2) is 11.8 Å². The molecule has 0 bridgehead atoms. The van der Waals surface area contributed by atoms with E-state index in [1.54, 1.807) is 0 Å². The Morgan fingerprint density at radius 2 is 1.63 bits per heavy atom. The number of aromatic nitrogens is 3. The Morgan fingerprint density at radius 1 is 0.967 bits per heavy atom. The summed E-state index contributed by atoms with van der Waals surface area (Å²) in [4.78, 5) is 7.37. The normalized spacial score (nSPS) is 19.1. The molecule has 2 aromatic rings. The molecule has 1 aliphatic heterocycles. The largest absolute Gasteiger partial charge is 0.371 e. The van der Waals surface area contributed by atoms with Crippen molar-refractivity contribution in [2.75, 3.05) is 18.0 Å². The molecular weight excluding hydrogens is 374 g/mol. The number of aliphatic imine (C=N–C) groups is 1. The number of benzene rings is 1. The predicted octanol–water partition coefficient (Wildman–Crippen LogP) is 3.16. The zero-order valence-electron chi connectivity index (χ0n) is 18.3. The Bertz CT molecular complexity index is 815. The quantitative estimate of drug-likeness (QED) is 0.586. The van der Waals surface area contributed by atoms with Gasteiger partial charge >= 0.3 is 0 Å². The summed E-state index contributed by atoms with van der Waals surface area (Å²) in [6.45, 7) is 4.66. The van der Waals surface area contributed by atoms with E-state index in [4.69, 9.17) is 4.99 Å². The van der Waals surface area contributed by atoms with Crippen molar-refractivity contribution in [3.8, 4) is 0 Å². The highest BCUT2D eigenvalue weighted by Crippen LogP contribution is 2.20. The van der Waals surface area contributed by atoms with E-state index in [0.29, 0.717) is 18.6 Å². The van der Waals surface area contributed by atoms with Gasteiger partial charge in [-0.3, -0.25) is 0 Å². The van der Waals surface area contributed by atoms with Crippen LogP contribution in [0.1, 0.15) is 56.6 Å². The van der Waals surface area contributed by atoms with Gasteiger partial charge < -0.3 is 20.1 Å². The summed E-state index contributed by atoms with van der Waals surface area (Å²) in [7, 11) is 2.00. The van der Waals surface area contributed by atoms with Gasteiger partial charge in [0, 0.05) is 37.9 Å². The highest BCUT2D eigenvalue weighted by atomic mass is 15.3. The monoisotopic (exact) mass is 409 g/mol. The summed E-state index contributed by atoms with van der Waals surface area (Å²) in [6, 6.07) is 11.7. The number of nitrogens with zero attached hydrogens (tertiary/aromatic N) is 5. The van der Waals surface area contributed by atoms with Crippen LogP contribution >= 0.6 is 0 Å². The van der Waals surface area contributed by atoms with Crippen molar-refractivity contribution in [2.45, 2.75) is 70.5 Å². The second kappa shape index (κ2) is 9.96. The fourth-order valence-electron chi connectivity index (χ4n) is 4.43. The first kappa shape index (κ1) is 20.7. The molecule has 1 aromatic heterocycles. The molecule has 4 rings (SSSR count). The molecule has 0 atom stereocenters. The van der Waals surface area contributed by atoms with E-state index in [0.717, 1.165) is 43.5 Å². The minimum absolute atomic E-state index is 0.445. The molecule has 0 radical (unpaired) electrons. The third-order valence-corrected chi connectivity index (χ3v) is 6.46. The maximum atomic E-state index is 4.89. The van der Waals surface area contributed by atoms with Gasteiger partial charge in [0.05, 0.1) is 0 Å². The number of para-hydroxylation sites is 1.